The summed E-state index contributed by atoms with van der Waals surface area (Å²) in [5.41, 5.74) is -0.770. The number of carbonyl (C=O) groups is 1. The smallest absolute Gasteiger partial charge is 0.442 e. The minimum atomic E-state index is -4.07. The van der Waals surface area contributed by atoms with Gasteiger partial charge in [-0.05, 0) is 41.5 Å². The van der Waals surface area contributed by atoms with E-state index in [1.165, 1.54) is 20.8 Å². The van der Waals surface area contributed by atoms with Crippen LogP contribution in [0.2, 0.25) is 0 Å². The second-order valence-electron chi connectivity index (χ2n) is 5.14. The molecule has 0 unspecified atom stereocenters. The zero-order chi connectivity index (χ0) is 12.5. The van der Waals surface area contributed by atoms with E-state index in [1.807, 2.05) is 0 Å². The van der Waals surface area contributed by atoms with Crippen LogP contribution in [0.1, 0.15) is 41.5 Å². The summed E-state index contributed by atoms with van der Waals surface area (Å²) in [6.07, 6.45) is -1.13. The van der Waals surface area contributed by atoms with E-state index in [4.69, 9.17) is 4.74 Å². The van der Waals surface area contributed by atoms with Gasteiger partial charge in [0, 0.05) is 0 Å². The number of amides is 1. The average Bonchev–Trinajstić information content (AvgIpc) is 1.75. The molecule has 90 valence electrons. The first-order valence-electron chi connectivity index (χ1n) is 4.54. The average molecular weight is 239 g/mol. The topological polar surface area (TPSA) is 55.7 Å². The van der Waals surface area contributed by atoms with Gasteiger partial charge in [0.2, 0.25) is 10.1 Å². The Balaban J connectivity index is 4.94. The highest BCUT2D eigenvalue weighted by Crippen LogP contribution is 2.21. The van der Waals surface area contributed by atoms with Crippen LogP contribution < -0.4 is 0 Å². The van der Waals surface area contributed by atoms with E-state index in [-0.39, 0.29) is 0 Å². The Bertz CT molecular complexity index is 357. The molecular formula is C9H18FNO3S. The van der Waals surface area contributed by atoms with Crippen molar-refractivity contribution in [2.24, 2.45) is 4.36 Å². The lowest BCUT2D eigenvalue weighted by molar-refractivity contribution is 0.0606. The van der Waals surface area contributed by atoms with Crippen molar-refractivity contribution in [1.82, 2.24) is 0 Å². The fraction of sp³-hybridized carbons (Fsp3) is 0.889. The van der Waals surface area contributed by atoms with Crippen LogP contribution in [-0.2, 0) is 14.9 Å². The Morgan fingerprint density at radius 1 is 1.20 bits per heavy atom. The van der Waals surface area contributed by atoms with Gasteiger partial charge in [-0.1, -0.05) is 4.36 Å². The normalized spacial score (nSPS) is 16.7. The highest BCUT2D eigenvalue weighted by Gasteiger charge is 2.29. The summed E-state index contributed by atoms with van der Waals surface area (Å²) in [5, 5.41) is 0. The van der Waals surface area contributed by atoms with Crippen LogP contribution in [0.3, 0.4) is 0 Å². The third-order valence-corrected chi connectivity index (χ3v) is 3.24. The Labute approximate surface area is 90.7 Å². The van der Waals surface area contributed by atoms with Crippen molar-refractivity contribution in [3.8, 4) is 0 Å². The fourth-order valence-corrected chi connectivity index (χ4v) is 1.02. The van der Waals surface area contributed by atoms with Gasteiger partial charge in [0.25, 0.3) is 0 Å². The fourth-order valence-electron chi connectivity index (χ4n) is 0.513. The lowest BCUT2D eigenvalue weighted by Crippen LogP contribution is -2.27. The summed E-state index contributed by atoms with van der Waals surface area (Å²) >= 11 is 0. The number of rotatable bonds is 0. The Kier molecular flexibility index (Phi) is 3.90. The molecular weight excluding hydrogens is 221 g/mol. The standard InChI is InChI=1S/C9H18FNO3S/c1-8(2,3)14-7(12)11-15(10,13)9(4,5)6/h1-6H3/t15-/m0/s1. The van der Waals surface area contributed by atoms with Gasteiger partial charge in [-0.15, -0.1) is 3.89 Å². The van der Waals surface area contributed by atoms with E-state index in [2.05, 4.69) is 4.36 Å². The molecule has 0 N–H and O–H groups in total. The first kappa shape index (κ1) is 14.3. The van der Waals surface area contributed by atoms with Crippen molar-refractivity contribution in [3.63, 3.8) is 0 Å². The first-order valence-corrected chi connectivity index (χ1v) is 5.96. The summed E-state index contributed by atoms with van der Waals surface area (Å²) in [6.45, 7) is 9.09. The summed E-state index contributed by atoms with van der Waals surface area (Å²) in [4.78, 5) is 11.1. The van der Waals surface area contributed by atoms with Gasteiger partial charge < -0.3 is 4.74 Å². The molecule has 0 fully saturated rings. The predicted molar refractivity (Wildman–Crippen MR) is 57.7 cm³/mol. The van der Waals surface area contributed by atoms with Crippen LogP contribution in [-0.4, -0.2) is 20.7 Å². The number of hydrogen-bond donors (Lipinski definition) is 0. The third-order valence-electron chi connectivity index (χ3n) is 1.34. The molecule has 0 bridgehead atoms. The van der Waals surface area contributed by atoms with Crippen molar-refractivity contribution >= 4 is 16.2 Å². The van der Waals surface area contributed by atoms with Gasteiger partial charge >= 0.3 is 6.09 Å². The molecule has 1 atom stereocenters. The molecule has 0 aliphatic rings. The van der Waals surface area contributed by atoms with Crippen LogP contribution in [0, 0.1) is 0 Å². The molecule has 15 heavy (non-hydrogen) atoms. The predicted octanol–water partition coefficient (Wildman–Crippen LogP) is 3.07. The van der Waals surface area contributed by atoms with Crippen LogP contribution in [0.4, 0.5) is 8.68 Å². The maximum atomic E-state index is 13.5. The second-order valence-corrected chi connectivity index (χ2v) is 7.47. The van der Waals surface area contributed by atoms with Gasteiger partial charge in [0.05, 0.1) is 4.75 Å². The minimum Gasteiger partial charge on any atom is -0.442 e. The van der Waals surface area contributed by atoms with Gasteiger partial charge in [0.15, 0.2) is 0 Å². The van der Waals surface area contributed by atoms with E-state index in [0.29, 0.717) is 0 Å². The van der Waals surface area contributed by atoms with E-state index < -0.39 is 26.6 Å². The number of ether oxygens (including phenoxy) is 1. The second kappa shape index (κ2) is 4.08. The van der Waals surface area contributed by atoms with E-state index in [1.54, 1.807) is 20.8 Å². The molecule has 0 rings (SSSR count). The SMILES string of the molecule is CC(C)(C)OC(=O)N=[S@@](=O)(F)C(C)(C)C. The largest absolute Gasteiger partial charge is 0.444 e. The number of nitrogens with zero attached hydrogens (tertiary/aromatic N) is 1. The van der Waals surface area contributed by atoms with Gasteiger partial charge in [0.1, 0.15) is 5.60 Å². The van der Waals surface area contributed by atoms with Crippen molar-refractivity contribution < 1.29 is 17.6 Å². The molecule has 4 nitrogen and oxygen atoms in total. The molecule has 0 saturated heterocycles. The lowest BCUT2D eigenvalue weighted by Gasteiger charge is -2.19. The van der Waals surface area contributed by atoms with Crippen LogP contribution >= 0.6 is 0 Å². The molecule has 0 radical (unpaired) electrons. The molecule has 0 aromatic carbocycles. The van der Waals surface area contributed by atoms with Crippen LogP contribution in [0.5, 0.6) is 0 Å². The van der Waals surface area contributed by atoms with Crippen molar-refractivity contribution in [2.75, 3.05) is 0 Å². The molecule has 0 aliphatic carbocycles. The van der Waals surface area contributed by atoms with E-state index in [0.717, 1.165) is 0 Å². The quantitative estimate of drug-likeness (QED) is 0.610. The van der Waals surface area contributed by atoms with Crippen molar-refractivity contribution in [1.29, 1.82) is 0 Å². The molecule has 0 aromatic rings. The van der Waals surface area contributed by atoms with Crippen molar-refractivity contribution in [3.05, 3.63) is 0 Å². The number of hydrogen-bond acceptors (Lipinski definition) is 3. The van der Waals surface area contributed by atoms with Gasteiger partial charge in [-0.3, -0.25) is 0 Å². The Morgan fingerprint density at radius 2 is 1.60 bits per heavy atom. The maximum Gasteiger partial charge on any atom is 0.444 e. The maximum absolute atomic E-state index is 13.5. The summed E-state index contributed by atoms with van der Waals surface area (Å²) in [5.74, 6) is 0. The molecule has 1 amide bonds. The zero-order valence-electron chi connectivity index (χ0n) is 9.96. The summed E-state index contributed by atoms with van der Waals surface area (Å²) in [6, 6.07) is 0. The highest BCUT2D eigenvalue weighted by atomic mass is 32.3. The molecule has 0 heterocycles. The molecule has 6 heteroatoms. The number of halogens is 1. The summed E-state index contributed by atoms with van der Waals surface area (Å²) in [7, 11) is -4.07. The van der Waals surface area contributed by atoms with Crippen LogP contribution in [0.15, 0.2) is 4.36 Å². The van der Waals surface area contributed by atoms with Gasteiger partial charge in [-0.25, -0.2) is 9.00 Å². The lowest BCUT2D eigenvalue weighted by atomic mass is 10.2. The van der Waals surface area contributed by atoms with Crippen molar-refractivity contribution in [2.45, 2.75) is 51.9 Å². The zero-order valence-corrected chi connectivity index (χ0v) is 10.8. The van der Waals surface area contributed by atoms with Gasteiger partial charge in [-0.2, -0.15) is 0 Å². The van der Waals surface area contributed by atoms with E-state index >= 15 is 0 Å². The molecule has 0 saturated carbocycles. The summed E-state index contributed by atoms with van der Waals surface area (Å²) < 4.78 is 31.4. The molecule has 0 spiro atoms. The highest BCUT2D eigenvalue weighted by molar-refractivity contribution is 7.90. The minimum absolute atomic E-state index is 0.770. The number of carbonyl (C=O) groups excluding carboxylic acids is 1. The first-order chi connectivity index (χ1) is 6.35. The Morgan fingerprint density at radius 3 is 1.87 bits per heavy atom. The van der Waals surface area contributed by atoms with Crippen LogP contribution in [0.25, 0.3) is 0 Å². The third kappa shape index (κ3) is 5.11. The molecule has 0 aliphatic heterocycles. The molecule has 0 aromatic heterocycles. The Hall–Kier alpha value is -0.650. The monoisotopic (exact) mass is 239 g/mol. The van der Waals surface area contributed by atoms with E-state index in [9.17, 15) is 12.9 Å².